The molecule has 5 rings (SSSR count). The van der Waals surface area contributed by atoms with Gasteiger partial charge in [0, 0.05) is 34.7 Å². The molecule has 7 nitrogen and oxygen atoms in total. The standard InChI is InChI=1S/C26H30BrN5O2/c1-18-23-16-20(29-25(33)17-34-22-7-4-19(27)5-8-22)6-9-24(23)30-26(28-18)32-14-10-21(11-15-32)31-12-2-3-13-31/h4-9,16,21H,2-3,10-15,17H2,1H3,(H,29,33). The molecule has 34 heavy (non-hydrogen) atoms. The number of amides is 1. The highest BCUT2D eigenvalue weighted by Crippen LogP contribution is 2.26. The van der Waals surface area contributed by atoms with Crippen molar-refractivity contribution in [2.75, 3.05) is 43.0 Å². The summed E-state index contributed by atoms with van der Waals surface area (Å²) in [7, 11) is 0. The lowest BCUT2D eigenvalue weighted by Gasteiger charge is -2.36. The van der Waals surface area contributed by atoms with Gasteiger partial charge in [-0.1, -0.05) is 15.9 Å². The van der Waals surface area contributed by atoms with Crippen LogP contribution in [0.4, 0.5) is 11.6 Å². The molecule has 1 amide bonds. The normalized spacial score (nSPS) is 17.3. The molecule has 2 aliphatic heterocycles. The van der Waals surface area contributed by atoms with E-state index < -0.39 is 0 Å². The molecule has 0 radical (unpaired) electrons. The van der Waals surface area contributed by atoms with Gasteiger partial charge in [0.2, 0.25) is 5.95 Å². The molecule has 2 aromatic carbocycles. The van der Waals surface area contributed by atoms with Gasteiger partial charge in [0.15, 0.2) is 6.61 Å². The maximum atomic E-state index is 12.4. The van der Waals surface area contributed by atoms with Crippen molar-refractivity contribution in [3.05, 3.63) is 52.6 Å². The number of fused-ring (bicyclic) bond motifs is 1. The molecular weight excluding hydrogens is 494 g/mol. The number of nitrogens with one attached hydrogen (secondary N) is 1. The Bertz CT molecular complexity index is 1160. The Morgan fingerprint density at radius 1 is 1.06 bits per heavy atom. The number of aryl methyl sites for hydroxylation is 1. The summed E-state index contributed by atoms with van der Waals surface area (Å²) in [6.45, 7) is 6.46. The molecule has 2 fully saturated rings. The van der Waals surface area contributed by atoms with Gasteiger partial charge in [0.1, 0.15) is 5.75 Å². The van der Waals surface area contributed by atoms with Gasteiger partial charge in [-0.15, -0.1) is 0 Å². The first-order valence-electron chi connectivity index (χ1n) is 12.0. The van der Waals surface area contributed by atoms with E-state index in [1.54, 1.807) is 0 Å². The zero-order valence-electron chi connectivity index (χ0n) is 19.5. The maximum absolute atomic E-state index is 12.4. The fraction of sp³-hybridized carbons (Fsp3) is 0.423. The third-order valence-electron chi connectivity index (χ3n) is 6.75. The predicted octanol–water partition coefficient (Wildman–Crippen LogP) is 4.78. The van der Waals surface area contributed by atoms with Crippen molar-refractivity contribution in [2.24, 2.45) is 0 Å². The number of piperidine rings is 1. The van der Waals surface area contributed by atoms with Crippen LogP contribution in [-0.2, 0) is 4.79 Å². The van der Waals surface area contributed by atoms with Gasteiger partial charge >= 0.3 is 0 Å². The third-order valence-corrected chi connectivity index (χ3v) is 7.27. The fourth-order valence-corrected chi connectivity index (χ4v) is 5.16. The first-order valence-corrected chi connectivity index (χ1v) is 12.8. The quantitative estimate of drug-likeness (QED) is 0.501. The number of hydrogen-bond acceptors (Lipinski definition) is 6. The lowest BCUT2D eigenvalue weighted by Crippen LogP contribution is -2.44. The molecule has 3 heterocycles. The van der Waals surface area contributed by atoms with Crippen LogP contribution in [0.15, 0.2) is 46.9 Å². The summed E-state index contributed by atoms with van der Waals surface area (Å²) in [4.78, 5) is 27.0. The summed E-state index contributed by atoms with van der Waals surface area (Å²) in [5.41, 5.74) is 2.53. The van der Waals surface area contributed by atoms with Crippen LogP contribution >= 0.6 is 15.9 Å². The number of aromatic nitrogens is 2. The van der Waals surface area contributed by atoms with Gasteiger partial charge in [-0.25, -0.2) is 9.97 Å². The van der Waals surface area contributed by atoms with Crippen molar-refractivity contribution in [1.29, 1.82) is 0 Å². The lowest BCUT2D eigenvalue weighted by molar-refractivity contribution is -0.118. The molecule has 0 atom stereocenters. The number of carbonyl (C=O) groups excluding carboxylic acids is 1. The molecule has 1 aromatic heterocycles. The van der Waals surface area contributed by atoms with Crippen LogP contribution in [0.25, 0.3) is 10.9 Å². The molecule has 8 heteroatoms. The molecule has 0 spiro atoms. The van der Waals surface area contributed by atoms with Crippen molar-refractivity contribution in [3.63, 3.8) is 0 Å². The van der Waals surface area contributed by atoms with Crippen molar-refractivity contribution in [1.82, 2.24) is 14.9 Å². The van der Waals surface area contributed by atoms with Gasteiger partial charge in [-0.3, -0.25) is 4.79 Å². The number of carbonyl (C=O) groups is 1. The summed E-state index contributed by atoms with van der Waals surface area (Å²) < 4.78 is 6.53. The Morgan fingerprint density at radius 3 is 2.53 bits per heavy atom. The number of nitrogens with zero attached hydrogens (tertiary/aromatic N) is 4. The SMILES string of the molecule is Cc1nc(N2CCC(N3CCCC3)CC2)nc2ccc(NC(=O)COc3ccc(Br)cc3)cc12. The number of halogens is 1. The Hall–Kier alpha value is -2.71. The predicted molar refractivity (Wildman–Crippen MR) is 139 cm³/mol. The topological polar surface area (TPSA) is 70.6 Å². The van der Waals surface area contributed by atoms with E-state index in [1.807, 2.05) is 49.4 Å². The number of benzene rings is 2. The Labute approximate surface area is 208 Å². The molecule has 1 N–H and O–H groups in total. The minimum absolute atomic E-state index is 0.0541. The van der Waals surface area contributed by atoms with E-state index in [-0.39, 0.29) is 12.5 Å². The molecule has 2 aliphatic rings. The van der Waals surface area contributed by atoms with Crippen LogP contribution in [0.1, 0.15) is 31.4 Å². The Kier molecular flexibility index (Phi) is 6.97. The highest BCUT2D eigenvalue weighted by Gasteiger charge is 2.27. The van der Waals surface area contributed by atoms with Gasteiger partial charge in [0.25, 0.3) is 5.91 Å². The van der Waals surface area contributed by atoms with Crippen molar-refractivity contribution >= 4 is 44.4 Å². The second-order valence-electron chi connectivity index (χ2n) is 9.09. The van der Waals surface area contributed by atoms with Crippen LogP contribution in [0.5, 0.6) is 5.75 Å². The monoisotopic (exact) mass is 523 g/mol. The number of ether oxygens (including phenoxy) is 1. The van der Waals surface area contributed by atoms with Crippen LogP contribution in [0, 0.1) is 6.92 Å². The molecule has 0 bridgehead atoms. The number of likely N-dealkylation sites (tertiary alicyclic amines) is 1. The summed E-state index contributed by atoms with van der Waals surface area (Å²) in [5, 5.41) is 3.86. The van der Waals surface area contributed by atoms with Gasteiger partial charge < -0.3 is 19.9 Å². The molecule has 0 unspecified atom stereocenters. The number of anilines is 2. The smallest absolute Gasteiger partial charge is 0.262 e. The average Bonchev–Trinajstić information content (AvgIpc) is 3.39. The molecule has 0 saturated carbocycles. The summed E-state index contributed by atoms with van der Waals surface area (Å²) in [6.07, 6.45) is 5.03. The van der Waals surface area contributed by atoms with Gasteiger partial charge in [-0.05, 0) is 88.2 Å². The Morgan fingerprint density at radius 2 is 1.79 bits per heavy atom. The van der Waals surface area contributed by atoms with E-state index in [2.05, 4.69) is 31.0 Å². The van der Waals surface area contributed by atoms with Crippen molar-refractivity contribution in [3.8, 4) is 5.75 Å². The molecule has 2 saturated heterocycles. The third kappa shape index (κ3) is 5.33. The zero-order valence-corrected chi connectivity index (χ0v) is 21.1. The fourth-order valence-electron chi connectivity index (χ4n) is 4.90. The first-order chi connectivity index (χ1) is 16.5. The second kappa shape index (κ2) is 10.3. The second-order valence-corrected chi connectivity index (χ2v) is 10.0. The van der Waals surface area contributed by atoms with E-state index in [0.717, 1.165) is 40.1 Å². The van der Waals surface area contributed by atoms with Crippen LogP contribution < -0.4 is 15.0 Å². The Balaban J connectivity index is 1.21. The molecule has 178 valence electrons. The van der Waals surface area contributed by atoms with Gasteiger partial charge in [-0.2, -0.15) is 0 Å². The van der Waals surface area contributed by atoms with Crippen LogP contribution in [0.2, 0.25) is 0 Å². The van der Waals surface area contributed by atoms with Crippen LogP contribution in [-0.4, -0.2) is 59.6 Å². The van der Waals surface area contributed by atoms with E-state index in [4.69, 9.17) is 14.7 Å². The van der Waals surface area contributed by atoms with Gasteiger partial charge in [0.05, 0.1) is 11.2 Å². The minimum Gasteiger partial charge on any atom is -0.484 e. The van der Waals surface area contributed by atoms with Crippen molar-refractivity contribution in [2.45, 2.75) is 38.6 Å². The van der Waals surface area contributed by atoms with Crippen LogP contribution in [0.3, 0.4) is 0 Å². The van der Waals surface area contributed by atoms with E-state index in [1.165, 1.54) is 38.8 Å². The number of hydrogen-bond donors (Lipinski definition) is 1. The summed E-state index contributed by atoms with van der Waals surface area (Å²) in [6, 6.07) is 13.9. The van der Waals surface area contributed by atoms with E-state index >= 15 is 0 Å². The number of rotatable bonds is 6. The molecular formula is C26H30BrN5O2. The first kappa shape index (κ1) is 23.1. The zero-order chi connectivity index (χ0) is 23.5. The maximum Gasteiger partial charge on any atom is 0.262 e. The molecule has 3 aromatic rings. The highest BCUT2D eigenvalue weighted by atomic mass is 79.9. The summed E-state index contributed by atoms with van der Waals surface area (Å²) in [5.74, 6) is 1.25. The van der Waals surface area contributed by atoms with Crippen molar-refractivity contribution < 1.29 is 9.53 Å². The van der Waals surface area contributed by atoms with E-state index in [9.17, 15) is 4.79 Å². The minimum atomic E-state index is -0.210. The van der Waals surface area contributed by atoms with E-state index in [0.29, 0.717) is 17.5 Å². The largest absolute Gasteiger partial charge is 0.484 e. The summed E-state index contributed by atoms with van der Waals surface area (Å²) >= 11 is 3.39. The highest BCUT2D eigenvalue weighted by molar-refractivity contribution is 9.10. The molecule has 0 aliphatic carbocycles. The lowest BCUT2D eigenvalue weighted by atomic mass is 10.0. The average molecular weight is 524 g/mol.